The van der Waals surface area contributed by atoms with E-state index in [2.05, 4.69) is 10.5 Å². The van der Waals surface area contributed by atoms with Gasteiger partial charge in [0.2, 0.25) is 23.9 Å². The molecular formula is C30H34F2N4O8. The highest BCUT2D eigenvalue weighted by Crippen LogP contribution is 2.46. The van der Waals surface area contributed by atoms with E-state index in [1.165, 1.54) is 23.9 Å². The Labute approximate surface area is 251 Å². The number of halogens is 2. The lowest BCUT2D eigenvalue weighted by Crippen LogP contribution is -2.52. The van der Waals surface area contributed by atoms with Gasteiger partial charge in [-0.3, -0.25) is 19.2 Å². The summed E-state index contributed by atoms with van der Waals surface area (Å²) in [5, 5.41) is 6.58. The van der Waals surface area contributed by atoms with Gasteiger partial charge in [-0.2, -0.15) is 0 Å². The van der Waals surface area contributed by atoms with Gasteiger partial charge in [0.25, 0.3) is 11.8 Å². The Balaban J connectivity index is 1.57. The van der Waals surface area contributed by atoms with Crippen LogP contribution in [0.25, 0.3) is 0 Å². The lowest BCUT2D eigenvalue weighted by atomic mass is 9.85. The number of hydrogen-bond acceptors (Lipinski definition) is 9. The van der Waals surface area contributed by atoms with Gasteiger partial charge in [-0.05, 0) is 31.7 Å². The van der Waals surface area contributed by atoms with Crippen molar-refractivity contribution in [2.75, 3.05) is 20.4 Å². The molecule has 0 unspecified atom stereocenters. The van der Waals surface area contributed by atoms with Crippen LogP contribution in [0.4, 0.5) is 8.78 Å². The Morgan fingerprint density at radius 3 is 2.70 bits per heavy atom. The Kier molecular flexibility index (Phi) is 8.62. The molecule has 2 bridgehead atoms. The maximum absolute atomic E-state index is 14.2. The number of esters is 1. The van der Waals surface area contributed by atoms with Crippen molar-refractivity contribution in [2.45, 2.75) is 70.7 Å². The zero-order valence-electron chi connectivity index (χ0n) is 24.9. The summed E-state index contributed by atoms with van der Waals surface area (Å²) in [4.78, 5) is 60.9. The van der Waals surface area contributed by atoms with Crippen LogP contribution in [0, 0.1) is 17.6 Å². The van der Waals surface area contributed by atoms with Crippen LogP contribution in [0.5, 0.6) is 5.75 Å². The fraction of sp³-hybridized carbons (Fsp3) is 0.500. The Morgan fingerprint density at radius 1 is 1.25 bits per heavy atom. The van der Waals surface area contributed by atoms with Gasteiger partial charge in [0.1, 0.15) is 17.2 Å². The standard InChI is InChI=1S/C30H34F2N4O8/c1-16(2)9-24(37)42-15-43-27-25-29(40)35-14-22(30(8-7-17(35)3)11-23(41-4)34-44-30)36(25)13-20(26(27)38)28(39)33-12-18-5-6-19(31)10-21(18)32/h5-6,10,13,16-17,22H,7-9,11-12,14-15H2,1-4H3,(H,33,39)/t17-,22+,30-/m0/s1. The van der Waals surface area contributed by atoms with Gasteiger partial charge in [0.15, 0.2) is 11.3 Å². The van der Waals surface area contributed by atoms with E-state index in [4.69, 9.17) is 19.0 Å². The van der Waals surface area contributed by atoms with Gasteiger partial charge in [-0.1, -0.05) is 25.1 Å². The average molecular weight is 617 g/mol. The summed E-state index contributed by atoms with van der Waals surface area (Å²) < 4.78 is 45.3. The molecule has 3 aliphatic rings. The zero-order chi connectivity index (χ0) is 31.8. The fourth-order valence-electron chi connectivity index (χ4n) is 5.79. The van der Waals surface area contributed by atoms with E-state index in [1.807, 2.05) is 20.8 Å². The average Bonchev–Trinajstić information content (AvgIpc) is 3.35. The van der Waals surface area contributed by atoms with E-state index in [0.29, 0.717) is 24.8 Å². The number of fused-ring (bicyclic) bond motifs is 5. The number of pyridine rings is 1. The first-order chi connectivity index (χ1) is 20.9. The molecular weight excluding hydrogens is 582 g/mol. The largest absolute Gasteiger partial charge is 0.482 e. The Morgan fingerprint density at radius 2 is 2.02 bits per heavy atom. The minimum absolute atomic E-state index is 0.00234. The Bertz CT molecular complexity index is 1570. The van der Waals surface area contributed by atoms with E-state index in [1.54, 1.807) is 4.90 Å². The van der Waals surface area contributed by atoms with Crippen molar-refractivity contribution >= 4 is 23.7 Å². The zero-order valence-corrected chi connectivity index (χ0v) is 24.9. The van der Waals surface area contributed by atoms with Crippen molar-refractivity contribution in [3.63, 3.8) is 0 Å². The molecule has 2 amide bonds. The monoisotopic (exact) mass is 616 g/mol. The molecule has 0 radical (unpaired) electrons. The topological polar surface area (TPSA) is 138 Å². The van der Waals surface area contributed by atoms with Crippen LogP contribution < -0.4 is 15.5 Å². The second-order valence-electron chi connectivity index (χ2n) is 11.6. The van der Waals surface area contributed by atoms with Crippen LogP contribution in [-0.2, 0) is 25.7 Å². The lowest BCUT2D eigenvalue weighted by Gasteiger charge is -2.42. The summed E-state index contributed by atoms with van der Waals surface area (Å²) in [5.74, 6) is -3.70. The molecule has 3 atom stereocenters. The number of aromatic nitrogens is 1. The fourth-order valence-corrected chi connectivity index (χ4v) is 5.79. The van der Waals surface area contributed by atoms with Crippen molar-refractivity contribution in [2.24, 2.45) is 11.1 Å². The van der Waals surface area contributed by atoms with Crippen LogP contribution in [0.3, 0.4) is 0 Å². The van der Waals surface area contributed by atoms with Gasteiger partial charge in [0, 0.05) is 43.4 Å². The molecule has 0 saturated carbocycles. The molecule has 12 nitrogen and oxygen atoms in total. The number of methoxy groups -OCH3 is 1. The number of carbonyl (C=O) groups is 3. The number of nitrogens with one attached hydrogen (secondary N) is 1. The van der Waals surface area contributed by atoms with Crippen molar-refractivity contribution in [3.8, 4) is 5.75 Å². The predicted octanol–water partition coefficient (Wildman–Crippen LogP) is 3.28. The molecule has 44 heavy (non-hydrogen) atoms. The summed E-state index contributed by atoms with van der Waals surface area (Å²) in [6.45, 7) is 4.72. The maximum Gasteiger partial charge on any atom is 0.308 e. The minimum Gasteiger partial charge on any atom is -0.482 e. The first-order valence-electron chi connectivity index (χ1n) is 14.3. The summed E-state index contributed by atoms with van der Waals surface area (Å²) in [5.41, 5.74) is -2.43. The highest BCUT2D eigenvalue weighted by atomic mass is 19.1. The predicted molar refractivity (Wildman–Crippen MR) is 151 cm³/mol. The summed E-state index contributed by atoms with van der Waals surface area (Å²) in [6.07, 6.45) is 2.70. The van der Waals surface area contributed by atoms with E-state index in [0.717, 1.165) is 6.07 Å². The van der Waals surface area contributed by atoms with Gasteiger partial charge in [-0.25, -0.2) is 8.78 Å². The lowest BCUT2D eigenvalue weighted by molar-refractivity contribution is -0.151. The smallest absolute Gasteiger partial charge is 0.308 e. The quantitative estimate of drug-likeness (QED) is 0.353. The van der Waals surface area contributed by atoms with Gasteiger partial charge in [-0.15, -0.1) is 0 Å². The number of hydrogen-bond donors (Lipinski definition) is 1. The third-order valence-corrected chi connectivity index (χ3v) is 8.20. The normalized spacial score (nSPS) is 22.2. The van der Waals surface area contributed by atoms with Crippen molar-refractivity contribution in [1.29, 1.82) is 0 Å². The van der Waals surface area contributed by atoms with Crippen LogP contribution in [0.2, 0.25) is 0 Å². The number of rotatable bonds is 8. The molecule has 1 aromatic heterocycles. The first-order valence-corrected chi connectivity index (χ1v) is 14.3. The summed E-state index contributed by atoms with van der Waals surface area (Å²) in [6, 6.07) is 2.06. The summed E-state index contributed by atoms with van der Waals surface area (Å²) in [7, 11) is 1.47. The van der Waals surface area contributed by atoms with E-state index >= 15 is 0 Å². The summed E-state index contributed by atoms with van der Waals surface area (Å²) >= 11 is 0. The first kappa shape index (κ1) is 31.0. The second-order valence-corrected chi connectivity index (χ2v) is 11.6. The van der Waals surface area contributed by atoms with Gasteiger partial charge >= 0.3 is 5.97 Å². The Hall–Kier alpha value is -4.49. The molecule has 5 rings (SSSR count). The molecule has 236 valence electrons. The number of ether oxygens (including phenoxy) is 3. The van der Waals surface area contributed by atoms with E-state index in [9.17, 15) is 28.0 Å². The molecule has 0 aliphatic carbocycles. The van der Waals surface area contributed by atoms with Crippen molar-refractivity contribution < 1.29 is 42.2 Å². The molecule has 14 heteroatoms. The number of carbonyl (C=O) groups excluding carboxylic acids is 3. The molecule has 1 N–H and O–H groups in total. The number of oxime groups is 1. The minimum atomic E-state index is -0.967. The number of nitrogens with zero attached hydrogens (tertiary/aromatic N) is 3. The highest BCUT2D eigenvalue weighted by molar-refractivity contribution is 5.99. The molecule has 2 aromatic rings. The number of benzene rings is 1. The highest BCUT2D eigenvalue weighted by Gasteiger charge is 2.55. The van der Waals surface area contributed by atoms with Gasteiger partial charge < -0.3 is 33.8 Å². The van der Waals surface area contributed by atoms with Crippen LogP contribution >= 0.6 is 0 Å². The molecule has 1 spiro atoms. The van der Waals surface area contributed by atoms with Crippen LogP contribution in [-0.4, -0.2) is 65.2 Å². The number of amides is 2. The van der Waals surface area contributed by atoms with Gasteiger partial charge in [0.05, 0.1) is 19.6 Å². The van der Waals surface area contributed by atoms with E-state index < -0.39 is 64.6 Å². The maximum atomic E-state index is 14.2. The van der Waals surface area contributed by atoms with Crippen molar-refractivity contribution in [3.05, 3.63) is 63.1 Å². The van der Waals surface area contributed by atoms with Crippen molar-refractivity contribution in [1.82, 2.24) is 14.8 Å². The molecule has 1 saturated heterocycles. The van der Waals surface area contributed by atoms with E-state index in [-0.39, 0.29) is 49.1 Å². The van der Waals surface area contributed by atoms with Crippen LogP contribution in [0.15, 0.2) is 34.3 Å². The third kappa shape index (κ3) is 5.84. The molecule has 3 aliphatic heterocycles. The second kappa shape index (κ2) is 12.2. The molecule has 1 aromatic carbocycles. The molecule has 1 fully saturated rings. The third-order valence-electron chi connectivity index (χ3n) is 8.20. The molecule has 4 heterocycles. The van der Waals surface area contributed by atoms with Crippen LogP contribution in [0.1, 0.15) is 78.9 Å². The SMILES string of the molecule is COC1=NO[C@@]2(CC[C@H](C)N3C[C@H]2n2cc(C(=O)NCc4ccc(F)cc4F)c(=O)c(OCOC(=O)CC(C)C)c2C3=O)C1.